The van der Waals surface area contributed by atoms with Crippen LogP contribution >= 0.6 is 0 Å². The van der Waals surface area contributed by atoms with Gasteiger partial charge in [-0.25, -0.2) is 4.79 Å². The molecule has 3 rings (SSSR count). The molecule has 0 aliphatic carbocycles. The van der Waals surface area contributed by atoms with E-state index in [9.17, 15) is 40.2 Å². The van der Waals surface area contributed by atoms with Crippen LogP contribution in [0.4, 0.5) is 0 Å². The average Bonchev–Trinajstić information content (AvgIpc) is 2.82. The number of amides is 1. The second kappa shape index (κ2) is 11.5. The fraction of sp³-hybridized carbons (Fsp3) is 0.619. The standard InChI is InChI=1S/C21H29NO12/c1-9(24)22-12-14(26)13(25)11(7-23)32-21(12)34-17-15(27)16(28)19(29)33-18(17)20(30)31-8-10-5-3-2-4-6-10/h2-6,11-19,21,23,25-29H,7-8H2,1H3,(H,22,24)/t11-,12-,13-,14-,15-,16-,17+,18+,19-,21+/m1/s1. The largest absolute Gasteiger partial charge is 0.459 e. The Kier molecular flexibility index (Phi) is 8.92. The summed E-state index contributed by atoms with van der Waals surface area (Å²) in [6.45, 7) is 0.252. The van der Waals surface area contributed by atoms with E-state index < -0.39 is 79.8 Å². The predicted molar refractivity (Wildman–Crippen MR) is 109 cm³/mol. The van der Waals surface area contributed by atoms with Gasteiger partial charge in [-0.05, 0) is 5.56 Å². The number of esters is 1. The Balaban J connectivity index is 1.81. The Bertz CT molecular complexity index is 825. The van der Waals surface area contributed by atoms with E-state index in [0.717, 1.165) is 6.92 Å². The van der Waals surface area contributed by atoms with Gasteiger partial charge in [0, 0.05) is 6.92 Å². The summed E-state index contributed by atoms with van der Waals surface area (Å²) in [4.78, 5) is 24.4. The lowest BCUT2D eigenvalue weighted by Crippen LogP contribution is -2.68. The number of carbonyl (C=O) groups is 2. The molecular formula is C21H29NO12. The first kappa shape index (κ1) is 26.4. The van der Waals surface area contributed by atoms with Gasteiger partial charge in [0.15, 0.2) is 18.7 Å². The van der Waals surface area contributed by atoms with Gasteiger partial charge in [-0.2, -0.15) is 0 Å². The van der Waals surface area contributed by atoms with Gasteiger partial charge in [0.05, 0.1) is 6.61 Å². The third-order valence-corrected chi connectivity index (χ3v) is 5.56. The third-order valence-electron chi connectivity index (χ3n) is 5.56. The molecule has 2 saturated heterocycles. The molecule has 13 nitrogen and oxygen atoms in total. The zero-order valence-electron chi connectivity index (χ0n) is 18.2. The normalized spacial score (nSPS) is 38.2. The number of hydrogen-bond donors (Lipinski definition) is 7. The monoisotopic (exact) mass is 487 g/mol. The van der Waals surface area contributed by atoms with Crippen LogP contribution in [0.25, 0.3) is 0 Å². The minimum atomic E-state index is -1.94. The molecule has 7 N–H and O–H groups in total. The molecule has 2 fully saturated rings. The highest BCUT2D eigenvalue weighted by Crippen LogP contribution is 2.29. The van der Waals surface area contributed by atoms with Gasteiger partial charge in [-0.1, -0.05) is 30.3 Å². The molecule has 2 heterocycles. The Morgan fingerprint density at radius 3 is 2.26 bits per heavy atom. The molecule has 2 aliphatic heterocycles. The van der Waals surface area contributed by atoms with Crippen molar-refractivity contribution in [1.29, 1.82) is 0 Å². The lowest BCUT2D eigenvalue weighted by molar-refractivity contribution is -0.336. The van der Waals surface area contributed by atoms with Crippen molar-refractivity contribution in [3.8, 4) is 0 Å². The van der Waals surface area contributed by atoms with Crippen molar-refractivity contribution in [2.45, 2.75) is 74.9 Å². The van der Waals surface area contributed by atoms with E-state index in [1.165, 1.54) is 0 Å². The molecule has 1 aromatic rings. The summed E-state index contributed by atoms with van der Waals surface area (Å²) in [7, 11) is 0. The van der Waals surface area contributed by atoms with Gasteiger partial charge in [-0.15, -0.1) is 0 Å². The highest BCUT2D eigenvalue weighted by molar-refractivity contribution is 5.76. The van der Waals surface area contributed by atoms with Crippen molar-refractivity contribution in [3.05, 3.63) is 35.9 Å². The van der Waals surface area contributed by atoms with Crippen LogP contribution in [0.1, 0.15) is 12.5 Å². The maximum Gasteiger partial charge on any atom is 0.338 e. The van der Waals surface area contributed by atoms with Crippen LogP contribution in [0.2, 0.25) is 0 Å². The molecule has 34 heavy (non-hydrogen) atoms. The van der Waals surface area contributed by atoms with E-state index in [4.69, 9.17) is 18.9 Å². The molecular weight excluding hydrogens is 458 g/mol. The van der Waals surface area contributed by atoms with Crippen LogP contribution in [-0.4, -0.2) is 110 Å². The minimum absolute atomic E-state index is 0.160. The van der Waals surface area contributed by atoms with E-state index in [1.807, 2.05) is 0 Å². The van der Waals surface area contributed by atoms with Crippen LogP contribution in [0.3, 0.4) is 0 Å². The number of aliphatic hydroxyl groups is 6. The summed E-state index contributed by atoms with van der Waals surface area (Å²) in [5, 5.41) is 62.8. The summed E-state index contributed by atoms with van der Waals surface area (Å²) < 4.78 is 21.4. The number of ether oxygens (including phenoxy) is 4. The third kappa shape index (κ3) is 5.89. The first-order chi connectivity index (χ1) is 16.1. The molecule has 190 valence electrons. The second-order valence-electron chi connectivity index (χ2n) is 8.06. The van der Waals surface area contributed by atoms with Gasteiger partial charge in [0.25, 0.3) is 0 Å². The van der Waals surface area contributed by atoms with E-state index in [2.05, 4.69) is 5.32 Å². The van der Waals surface area contributed by atoms with Gasteiger partial charge in [0.1, 0.15) is 49.3 Å². The van der Waals surface area contributed by atoms with Crippen molar-refractivity contribution < 1.29 is 59.2 Å². The van der Waals surface area contributed by atoms with E-state index in [-0.39, 0.29) is 6.61 Å². The average molecular weight is 487 g/mol. The summed E-state index contributed by atoms with van der Waals surface area (Å²) in [6.07, 6.45) is -15.3. The minimum Gasteiger partial charge on any atom is -0.459 e. The van der Waals surface area contributed by atoms with E-state index in [0.29, 0.717) is 5.56 Å². The van der Waals surface area contributed by atoms with Gasteiger partial charge in [0.2, 0.25) is 5.91 Å². The molecule has 0 radical (unpaired) electrons. The van der Waals surface area contributed by atoms with Crippen molar-refractivity contribution >= 4 is 11.9 Å². The highest BCUT2D eigenvalue weighted by Gasteiger charge is 2.53. The van der Waals surface area contributed by atoms with Crippen molar-refractivity contribution in [1.82, 2.24) is 5.32 Å². The summed E-state index contributed by atoms with van der Waals surface area (Å²) >= 11 is 0. The van der Waals surface area contributed by atoms with Gasteiger partial charge >= 0.3 is 5.97 Å². The highest BCUT2D eigenvalue weighted by atomic mass is 16.7. The Morgan fingerprint density at radius 1 is 0.971 bits per heavy atom. The number of benzene rings is 1. The fourth-order valence-electron chi connectivity index (χ4n) is 3.74. The zero-order valence-corrected chi connectivity index (χ0v) is 18.2. The molecule has 0 spiro atoms. The number of rotatable bonds is 7. The number of aliphatic hydroxyl groups excluding tert-OH is 6. The maximum absolute atomic E-state index is 12.7. The first-order valence-corrected chi connectivity index (χ1v) is 10.6. The van der Waals surface area contributed by atoms with E-state index in [1.54, 1.807) is 30.3 Å². The lowest BCUT2D eigenvalue weighted by atomic mass is 9.95. The van der Waals surface area contributed by atoms with Crippen LogP contribution in [-0.2, 0) is 35.1 Å². The molecule has 0 bridgehead atoms. The molecule has 0 unspecified atom stereocenters. The van der Waals surface area contributed by atoms with Crippen LogP contribution in [0, 0.1) is 0 Å². The quantitative estimate of drug-likeness (QED) is 0.187. The van der Waals surface area contributed by atoms with Crippen molar-refractivity contribution in [2.75, 3.05) is 6.61 Å². The fourth-order valence-corrected chi connectivity index (χ4v) is 3.74. The lowest BCUT2D eigenvalue weighted by Gasteiger charge is -2.46. The Hall–Kier alpha value is -2.20. The summed E-state index contributed by atoms with van der Waals surface area (Å²) in [6, 6.07) is 7.26. The molecule has 1 aromatic carbocycles. The Morgan fingerprint density at radius 2 is 1.65 bits per heavy atom. The SMILES string of the molecule is CC(=O)N[C@H]1[C@H](O[C@H]2[C@H](O)[C@@H](O)[C@H](O)O[C@@H]2C(=O)OCc2ccccc2)O[C@H](CO)[C@@H](O)[C@@H]1O. The summed E-state index contributed by atoms with van der Waals surface area (Å²) in [5.74, 6) is -1.66. The molecule has 2 aliphatic rings. The van der Waals surface area contributed by atoms with Crippen molar-refractivity contribution in [2.24, 2.45) is 0 Å². The van der Waals surface area contributed by atoms with Crippen LogP contribution < -0.4 is 5.32 Å². The zero-order chi connectivity index (χ0) is 25.0. The maximum atomic E-state index is 12.7. The topological polar surface area (TPSA) is 204 Å². The van der Waals surface area contributed by atoms with Crippen molar-refractivity contribution in [3.63, 3.8) is 0 Å². The van der Waals surface area contributed by atoms with Crippen LogP contribution in [0.15, 0.2) is 30.3 Å². The number of hydrogen-bond acceptors (Lipinski definition) is 12. The molecule has 1 amide bonds. The van der Waals surface area contributed by atoms with Gasteiger partial charge < -0.3 is 54.9 Å². The molecule has 13 heteroatoms. The molecule has 0 aromatic heterocycles. The van der Waals surface area contributed by atoms with Gasteiger partial charge in [-0.3, -0.25) is 4.79 Å². The smallest absolute Gasteiger partial charge is 0.338 e. The number of nitrogens with one attached hydrogen (secondary N) is 1. The van der Waals surface area contributed by atoms with Crippen LogP contribution in [0.5, 0.6) is 0 Å². The first-order valence-electron chi connectivity index (χ1n) is 10.6. The Labute approximate surface area is 194 Å². The molecule has 0 saturated carbocycles. The summed E-state index contributed by atoms with van der Waals surface area (Å²) in [5.41, 5.74) is 0.648. The predicted octanol–water partition coefficient (Wildman–Crippen LogP) is -3.50. The molecule has 10 atom stereocenters. The number of carbonyl (C=O) groups excluding carboxylic acids is 2. The van der Waals surface area contributed by atoms with E-state index >= 15 is 0 Å². The second-order valence-corrected chi connectivity index (χ2v) is 8.06.